The first-order chi connectivity index (χ1) is 9.60. The molecule has 114 valence electrons. The summed E-state index contributed by atoms with van der Waals surface area (Å²) in [7, 11) is -1.69. The summed E-state index contributed by atoms with van der Waals surface area (Å²) in [6, 6.07) is 3.20. The van der Waals surface area contributed by atoms with E-state index < -0.39 is 10.0 Å². The molecule has 0 atom stereocenters. The van der Waals surface area contributed by atoms with Crippen LogP contribution in [0.1, 0.15) is 25.7 Å². The predicted octanol–water partition coefficient (Wildman–Crippen LogP) is 2.33. The molecule has 0 aromatic carbocycles. The quantitative estimate of drug-likeness (QED) is 0.648. The number of nitrogens with one attached hydrogen (secondary N) is 2. The molecule has 7 heteroatoms. The standard InChI is InChI=1S/C13H23N3O2S2/c1-14-13-8-7-12(11-15-13)20(17,18)16-9-5-3-4-6-10-19-2/h7-8,11,16H,3-6,9-10H2,1-2H3,(H,14,15). The van der Waals surface area contributed by atoms with Crippen LogP contribution in [0.15, 0.2) is 23.2 Å². The number of thioether (sulfide) groups is 1. The third-order valence-electron chi connectivity index (χ3n) is 2.87. The number of anilines is 1. The summed E-state index contributed by atoms with van der Waals surface area (Å²) in [5, 5.41) is 2.85. The van der Waals surface area contributed by atoms with Crippen LogP contribution in [0, 0.1) is 0 Å². The average molecular weight is 317 g/mol. The molecule has 1 heterocycles. The second-order valence-corrected chi connectivity index (χ2v) is 7.19. The molecule has 0 radical (unpaired) electrons. The van der Waals surface area contributed by atoms with Crippen molar-refractivity contribution in [2.75, 3.05) is 30.9 Å². The van der Waals surface area contributed by atoms with E-state index in [4.69, 9.17) is 0 Å². The van der Waals surface area contributed by atoms with Crippen LogP contribution >= 0.6 is 11.8 Å². The third-order valence-corrected chi connectivity index (χ3v) is 5.01. The van der Waals surface area contributed by atoms with Gasteiger partial charge in [0.25, 0.3) is 0 Å². The molecule has 0 bridgehead atoms. The lowest BCUT2D eigenvalue weighted by Gasteiger charge is -2.07. The predicted molar refractivity (Wildman–Crippen MR) is 85.8 cm³/mol. The Balaban J connectivity index is 2.33. The lowest BCUT2D eigenvalue weighted by molar-refractivity contribution is 0.573. The minimum absolute atomic E-state index is 0.207. The summed E-state index contributed by atoms with van der Waals surface area (Å²) >= 11 is 1.85. The molecule has 2 N–H and O–H groups in total. The van der Waals surface area contributed by atoms with Gasteiger partial charge < -0.3 is 5.32 Å². The number of unbranched alkanes of at least 4 members (excludes halogenated alkanes) is 3. The molecule has 0 fully saturated rings. The smallest absolute Gasteiger partial charge is 0.242 e. The Bertz CT molecular complexity index is 475. The highest BCUT2D eigenvalue weighted by Crippen LogP contribution is 2.10. The van der Waals surface area contributed by atoms with Crippen molar-refractivity contribution >= 4 is 27.6 Å². The molecule has 0 aliphatic carbocycles. The van der Waals surface area contributed by atoms with E-state index in [0.717, 1.165) is 19.3 Å². The topological polar surface area (TPSA) is 71.1 Å². The average Bonchev–Trinajstić information content (AvgIpc) is 2.46. The zero-order valence-corrected chi connectivity index (χ0v) is 13.7. The van der Waals surface area contributed by atoms with Crippen LogP contribution in [-0.4, -0.2) is 39.0 Å². The van der Waals surface area contributed by atoms with E-state index in [1.54, 1.807) is 19.2 Å². The number of sulfonamides is 1. The van der Waals surface area contributed by atoms with E-state index in [1.807, 2.05) is 11.8 Å². The molecule has 0 spiro atoms. The van der Waals surface area contributed by atoms with E-state index in [-0.39, 0.29) is 4.90 Å². The van der Waals surface area contributed by atoms with Gasteiger partial charge in [-0.05, 0) is 37.0 Å². The fourth-order valence-corrected chi connectivity index (χ4v) is 3.21. The fourth-order valence-electron chi connectivity index (χ4n) is 1.70. The Morgan fingerprint density at radius 2 is 1.95 bits per heavy atom. The van der Waals surface area contributed by atoms with E-state index in [1.165, 1.54) is 18.4 Å². The largest absolute Gasteiger partial charge is 0.373 e. The van der Waals surface area contributed by atoms with Crippen molar-refractivity contribution in [2.24, 2.45) is 0 Å². The first kappa shape index (κ1) is 17.3. The van der Waals surface area contributed by atoms with Gasteiger partial charge in [-0.25, -0.2) is 18.1 Å². The van der Waals surface area contributed by atoms with Crippen LogP contribution in [-0.2, 0) is 10.0 Å². The minimum Gasteiger partial charge on any atom is -0.373 e. The summed E-state index contributed by atoms with van der Waals surface area (Å²) in [4.78, 5) is 4.22. The molecule has 0 aliphatic heterocycles. The van der Waals surface area contributed by atoms with Crippen LogP contribution in [0.5, 0.6) is 0 Å². The van der Waals surface area contributed by atoms with Crippen molar-refractivity contribution in [1.29, 1.82) is 0 Å². The van der Waals surface area contributed by atoms with Gasteiger partial charge in [0, 0.05) is 19.8 Å². The van der Waals surface area contributed by atoms with Gasteiger partial charge in [0.1, 0.15) is 10.7 Å². The first-order valence-corrected chi connectivity index (χ1v) is 9.60. The molecule has 0 aliphatic rings. The van der Waals surface area contributed by atoms with Gasteiger partial charge >= 0.3 is 0 Å². The molecule has 5 nitrogen and oxygen atoms in total. The number of aromatic nitrogens is 1. The monoisotopic (exact) mass is 317 g/mol. The number of nitrogens with zero attached hydrogens (tertiary/aromatic N) is 1. The number of hydrogen-bond acceptors (Lipinski definition) is 5. The van der Waals surface area contributed by atoms with Crippen molar-refractivity contribution in [3.05, 3.63) is 18.3 Å². The van der Waals surface area contributed by atoms with Crippen LogP contribution in [0.3, 0.4) is 0 Å². The van der Waals surface area contributed by atoms with Crippen molar-refractivity contribution in [3.8, 4) is 0 Å². The van der Waals surface area contributed by atoms with E-state index in [0.29, 0.717) is 12.4 Å². The van der Waals surface area contributed by atoms with E-state index in [2.05, 4.69) is 21.3 Å². The van der Waals surface area contributed by atoms with Crippen molar-refractivity contribution < 1.29 is 8.42 Å². The molecule has 0 unspecified atom stereocenters. The zero-order chi connectivity index (χ0) is 14.8. The number of hydrogen-bond donors (Lipinski definition) is 2. The second-order valence-electron chi connectivity index (χ2n) is 4.43. The number of pyridine rings is 1. The van der Waals surface area contributed by atoms with E-state index >= 15 is 0 Å². The second kappa shape index (κ2) is 9.20. The van der Waals surface area contributed by atoms with Crippen molar-refractivity contribution in [3.63, 3.8) is 0 Å². The fraction of sp³-hybridized carbons (Fsp3) is 0.615. The van der Waals surface area contributed by atoms with Gasteiger partial charge in [-0.3, -0.25) is 0 Å². The summed E-state index contributed by atoms with van der Waals surface area (Å²) in [6.45, 7) is 0.482. The molecule has 0 saturated heterocycles. The van der Waals surface area contributed by atoms with Gasteiger partial charge in [-0.2, -0.15) is 11.8 Å². The molecular weight excluding hydrogens is 294 g/mol. The minimum atomic E-state index is -3.43. The highest BCUT2D eigenvalue weighted by Gasteiger charge is 2.13. The molecule has 0 amide bonds. The summed E-state index contributed by atoms with van der Waals surface area (Å²) in [6.07, 6.45) is 7.74. The van der Waals surface area contributed by atoms with E-state index in [9.17, 15) is 8.42 Å². The number of rotatable bonds is 10. The van der Waals surface area contributed by atoms with Crippen LogP contribution in [0.4, 0.5) is 5.82 Å². The summed E-state index contributed by atoms with van der Waals surface area (Å²) < 4.78 is 26.6. The Hall–Kier alpha value is -0.790. The SMILES string of the molecule is CNc1ccc(S(=O)(=O)NCCCCCCSC)cn1. The third kappa shape index (κ3) is 6.11. The lowest BCUT2D eigenvalue weighted by atomic mass is 10.2. The van der Waals surface area contributed by atoms with Crippen molar-refractivity contribution in [2.45, 2.75) is 30.6 Å². The Kier molecular flexibility index (Phi) is 7.94. The van der Waals surface area contributed by atoms with Gasteiger partial charge in [0.2, 0.25) is 10.0 Å². The van der Waals surface area contributed by atoms with Crippen LogP contribution < -0.4 is 10.0 Å². The normalized spacial score (nSPS) is 11.5. The molecular formula is C13H23N3O2S2. The highest BCUT2D eigenvalue weighted by molar-refractivity contribution is 7.98. The molecule has 20 heavy (non-hydrogen) atoms. The van der Waals surface area contributed by atoms with Crippen LogP contribution in [0.25, 0.3) is 0 Å². The molecule has 0 saturated carbocycles. The van der Waals surface area contributed by atoms with Gasteiger partial charge in [0.15, 0.2) is 0 Å². The maximum atomic E-state index is 12.0. The Labute approximate surface area is 126 Å². The van der Waals surface area contributed by atoms with Gasteiger partial charge in [-0.1, -0.05) is 12.8 Å². The van der Waals surface area contributed by atoms with Crippen molar-refractivity contribution in [1.82, 2.24) is 9.71 Å². The Morgan fingerprint density at radius 1 is 1.20 bits per heavy atom. The summed E-state index contributed by atoms with van der Waals surface area (Å²) in [5.41, 5.74) is 0. The zero-order valence-electron chi connectivity index (χ0n) is 12.1. The first-order valence-electron chi connectivity index (χ1n) is 6.72. The maximum absolute atomic E-state index is 12.0. The van der Waals surface area contributed by atoms with Gasteiger partial charge in [0.05, 0.1) is 0 Å². The lowest BCUT2D eigenvalue weighted by Crippen LogP contribution is -2.24. The molecule has 1 rings (SSSR count). The molecule has 1 aromatic rings. The summed E-state index contributed by atoms with van der Waals surface area (Å²) in [5.74, 6) is 1.83. The Morgan fingerprint density at radius 3 is 2.55 bits per heavy atom. The highest BCUT2D eigenvalue weighted by atomic mass is 32.2. The molecule has 1 aromatic heterocycles. The van der Waals surface area contributed by atoms with Crippen LogP contribution in [0.2, 0.25) is 0 Å². The maximum Gasteiger partial charge on any atom is 0.242 e. The van der Waals surface area contributed by atoms with Gasteiger partial charge in [-0.15, -0.1) is 0 Å².